The highest BCUT2D eigenvalue weighted by atomic mass is 35.5. The zero-order chi connectivity index (χ0) is 26.4. The summed E-state index contributed by atoms with van der Waals surface area (Å²) in [5.41, 5.74) is -0.976. The van der Waals surface area contributed by atoms with Gasteiger partial charge < -0.3 is 30.1 Å². The highest BCUT2D eigenvalue weighted by molar-refractivity contribution is 6.30. The summed E-state index contributed by atoms with van der Waals surface area (Å²) in [7, 11) is 0. The summed E-state index contributed by atoms with van der Waals surface area (Å²) in [6.07, 6.45) is 0.975. The maximum Gasteiger partial charge on any atom is 0.250 e. The Hall–Kier alpha value is -3.14. The van der Waals surface area contributed by atoms with Crippen LogP contribution in [0.5, 0.6) is 5.75 Å². The number of hydrogen-bond acceptors (Lipinski definition) is 6. The summed E-state index contributed by atoms with van der Waals surface area (Å²) < 4.78 is 12.0. The topological polar surface area (TPSA) is 117 Å². The number of likely N-dealkylation sites (tertiary alicyclic amines) is 1. The van der Waals surface area contributed by atoms with Crippen LogP contribution in [0.3, 0.4) is 0 Å². The Balaban J connectivity index is 1.44. The number of aliphatic hydroxyl groups excluding tert-OH is 1. The van der Waals surface area contributed by atoms with Gasteiger partial charge in [-0.25, -0.2) is 0 Å². The Bertz CT molecular complexity index is 1210. The number of fused-ring (bicyclic) bond motifs is 1. The molecule has 37 heavy (non-hydrogen) atoms. The van der Waals surface area contributed by atoms with Gasteiger partial charge in [-0.3, -0.25) is 14.4 Å². The lowest BCUT2D eigenvalue weighted by atomic mass is 9.66. The van der Waals surface area contributed by atoms with Gasteiger partial charge in [0.25, 0.3) is 0 Å². The van der Waals surface area contributed by atoms with Gasteiger partial charge >= 0.3 is 0 Å². The minimum atomic E-state index is -1.17. The maximum absolute atomic E-state index is 13.7. The number of ether oxygens (including phenoxy) is 2. The van der Waals surface area contributed by atoms with Gasteiger partial charge in [0, 0.05) is 22.9 Å². The van der Waals surface area contributed by atoms with E-state index in [4.69, 9.17) is 21.1 Å². The van der Waals surface area contributed by atoms with Crippen LogP contribution in [0.25, 0.3) is 0 Å². The number of benzene rings is 2. The molecule has 0 saturated carbocycles. The summed E-state index contributed by atoms with van der Waals surface area (Å²) >= 11 is 5.97. The Morgan fingerprint density at radius 1 is 1.08 bits per heavy atom. The van der Waals surface area contributed by atoms with Gasteiger partial charge in [0.1, 0.15) is 17.4 Å². The van der Waals surface area contributed by atoms with Crippen molar-refractivity contribution >= 4 is 40.7 Å². The van der Waals surface area contributed by atoms with E-state index in [1.165, 1.54) is 4.90 Å². The number of anilines is 2. The smallest absolute Gasteiger partial charge is 0.250 e. The molecule has 5 rings (SSSR count). The number of β-amino-alcohol motifs (C(OH)–C–C–N with tert-alkyl or cyclic N) is 1. The van der Waals surface area contributed by atoms with Gasteiger partial charge in [-0.2, -0.15) is 0 Å². The highest BCUT2D eigenvalue weighted by Gasteiger charge is 2.77. The van der Waals surface area contributed by atoms with Gasteiger partial charge in [0.15, 0.2) is 0 Å². The van der Waals surface area contributed by atoms with E-state index in [1.807, 2.05) is 13.8 Å². The minimum absolute atomic E-state index is 0.0386. The van der Waals surface area contributed by atoms with Gasteiger partial charge in [-0.05, 0) is 75.2 Å². The molecule has 3 aliphatic rings. The van der Waals surface area contributed by atoms with E-state index in [1.54, 1.807) is 48.5 Å². The molecular weight excluding hydrogens is 498 g/mol. The van der Waals surface area contributed by atoms with E-state index in [0.29, 0.717) is 41.6 Å². The zero-order valence-corrected chi connectivity index (χ0v) is 21.5. The Morgan fingerprint density at radius 2 is 1.70 bits per heavy atom. The van der Waals surface area contributed by atoms with Crippen LogP contribution in [0, 0.1) is 11.8 Å². The number of carbonyl (C=O) groups is 3. The Morgan fingerprint density at radius 3 is 2.32 bits per heavy atom. The molecule has 0 radical (unpaired) electrons. The first-order valence-electron chi connectivity index (χ1n) is 12.4. The molecule has 9 nitrogen and oxygen atoms in total. The largest absolute Gasteiger partial charge is 0.494 e. The predicted octanol–water partition coefficient (Wildman–Crippen LogP) is 3.07. The van der Waals surface area contributed by atoms with Crippen molar-refractivity contribution in [2.24, 2.45) is 11.8 Å². The molecule has 2 aromatic carbocycles. The Labute approximate surface area is 220 Å². The maximum atomic E-state index is 13.7. The molecule has 2 unspecified atom stereocenters. The second kappa shape index (κ2) is 9.63. The number of rotatable bonds is 8. The van der Waals surface area contributed by atoms with Crippen molar-refractivity contribution in [2.45, 2.75) is 43.9 Å². The van der Waals surface area contributed by atoms with Gasteiger partial charge in [0.2, 0.25) is 17.7 Å². The fourth-order valence-electron chi connectivity index (χ4n) is 6.24. The highest BCUT2D eigenvalue weighted by Crippen LogP contribution is 2.63. The van der Waals surface area contributed by atoms with E-state index < -0.39 is 35.0 Å². The first kappa shape index (κ1) is 25.5. The number of nitrogens with zero attached hydrogens (tertiary/aromatic N) is 1. The van der Waals surface area contributed by atoms with Crippen LogP contribution in [0.4, 0.5) is 11.4 Å². The number of amides is 3. The molecular formula is C27H30ClN3O6. The lowest BCUT2D eigenvalue weighted by Gasteiger charge is -2.33. The molecule has 0 aliphatic carbocycles. The molecule has 2 bridgehead atoms. The van der Waals surface area contributed by atoms with Gasteiger partial charge in [-0.1, -0.05) is 11.6 Å². The van der Waals surface area contributed by atoms with E-state index in [2.05, 4.69) is 10.6 Å². The standard InChI is InChI=1S/C27H30ClN3O6/c1-3-36-19-10-8-18(9-11-19)29-23(33)20-21-25(35)31(14-15-32)22(27(21)13-12-26(20,2)37-27)24(34)30-17-6-4-16(28)5-7-17/h4-11,20-22,32H,3,12-15H2,1-2H3,(H,29,33)(H,30,34)/t20-,21-,22?,26+,27?/m0/s1. The molecule has 3 heterocycles. The summed E-state index contributed by atoms with van der Waals surface area (Å²) in [5.74, 6) is -2.08. The molecule has 3 saturated heterocycles. The van der Waals surface area contributed by atoms with Crippen LogP contribution in [0.2, 0.25) is 5.02 Å². The third-order valence-corrected chi connectivity index (χ3v) is 7.94. The van der Waals surface area contributed by atoms with Crippen LogP contribution in [0.1, 0.15) is 26.7 Å². The molecule has 0 aromatic heterocycles. The average molecular weight is 528 g/mol. The fraction of sp³-hybridized carbons (Fsp3) is 0.444. The van der Waals surface area contributed by atoms with Crippen LogP contribution in [0.15, 0.2) is 48.5 Å². The molecule has 10 heteroatoms. The first-order valence-corrected chi connectivity index (χ1v) is 12.8. The van der Waals surface area contributed by atoms with E-state index in [9.17, 15) is 19.5 Å². The lowest BCUT2D eigenvalue weighted by Crippen LogP contribution is -2.53. The quantitative estimate of drug-likeness (QED) is 0.486. The van der Waals surface area contributed by atoms with Crippen LogP contribution < -0.4 is 15.4 Å². The fourth-order valence-corrected chi connectivity index (χ4v) is 6.37. The van der Waals surface area contributed by atoms with Crippen molar-refractivity contribution in [3.8, 4) is 5.75 Å². The number of nitrogens with one attached hydrogen (secondary N) is 2. The second-order valence-corrected chi connectivity index (χ2v) is 10.4. The van der Waals surface area contributed by atoms with Crippen molar-refractivity contribution < 1.29 is 29.0 Å². The zero-order valence-electron chi connectivity index (χ0n) is 20.7. The minimum Gasteiger partial charge on any atom is -0.494 e. The number of carbonyl (C=O) groups excluding carboxylic acids is 3. The normalized spacial score (nSPS) is 29.8. The van der Waals surface area contributed by atoms with E-state index in [0.717, 1.165) is 0 Å². The third-order valence-electron chi connectivity index (χ3n) is 7.69. The molecule has 3 N–H and O–H groups in total. The summed E-state index contributed by atoms with van der Waals surface area (Å²) in [6.45, 7) is 3.90. The van der Waals surface area contributed by atoms with E-state index in [-0.39, 0.29) is 25.0 Å². The molecule has 5 atom stereocenters. The average Bonchev–Trinajstić information content (AvgIpc) is 3.43. The molecule has 1 spiro atoms. The third kappa shape index (κ3) is 4.24. The van der Waals surface area contributed by atoms with Gasteiger partial charge in [-0.15, -0.1) is 0 Å². The van der Waals surface area contributed by atoms with Gasteiger partial charge in [0.05, 0.1) is 30.7 Å². The van der Waals surface area contributed by atoms with Crippen LogP contribution in [-0.4, -0.2) is 64.7 Å². The van der Waals surface area contributed by atoms with Crippen molar-refractivity contribution in [3.05, 3.63) is 53.6 Å². The number of halogens is 1. The van der Waals surface area contributed by atoms with Crippen molar-refractivity contribution in [1.29, 1.82) is 0 Å². The van der Waals surface area contributed by atoms with Crippen molar-refractivity contribution in [1.82, 2.24) is 4.90 Å². The lowest BCUT2D eigenvalue weighted by molar-refractivity contribution is -0.143. The molecule has 196 valence electrons. The van der Waals surface area contributed by atoms with Crippen LogP contribution in [-0.2, 0) is 19.1 Å². The predicted molar refractivity (Wildman–Crippen MR) is 137 cm³/mol. The number of aliphatic hydroxyl groups is 1. The summed E-state index contributed by atoms with van der Waals surface area (Å²) in [6, 6.07) is 12.7. The molecule has 3 amide bonds. The second-order valence-electron chi connectivity index (χ2n) is 9.93. The first-order chi connectivity index (χ1) is 17.7. The van der Waals surface area contributed by atoms with E-state index >= 15 is 0 Å². The van der Waals surface area contributed by atoms with Crippen molar-refractivity contribution in [2.75, 3.05) is 30.4 Å². The summed E-state index contributed by atoms with van der Waals surface area (Å²) in [5, 5.41) is 16.0. The monoisotopic (exact) mass is 527 g/mol. The SMILES string of the molecule is CCOc1ccc(NC(=O)[C@@H]2[C@H]3C(=O)N(CCO)C(C(=O)Nc4ccc(Cl)cc4)C34CC[C@@]2(C)O4)cc1. The number of hydrogen-bond donors (Lipinski definition) is 3. The summed E-state index contributed by atoms with van der Waals surface area (Å²) in [4.78, 5) is 42.3. The van der Waals surface area contributed by atoms with Crippen molar-refractivity contribution in [3.63, 3.8) is 0 Å². The Kier molecular flexibility index (Phi) is 6.64. The molecule has 2 aromatic rings. The van der Waals surface area contributed by atoms with Crippen LogP contribution >= 0.6 is 11.6 Å². The molecule has 3 aliphatic heterocycles. The molecule has 3 fully saturated rings.